The van der Waals surface area contributed by atoms with Crippen molar-refractivity contribution in [2.45, 2.75) is 47.0 Å². The van der Waals surface area contributed by atoms with E-state index in [0.717, 1.165) is 24.8 Å². The molecule has 3 rings (SSSR count). The third kappa shape index (κ3) is 4.21. The lowest BCUT2D eigenvalue weighted by molar-refractivity contribution is 0.0526. The SMILES string of the molecule is CCOC(=O)c1c(NC(=O)c2ccncc2)sc2c1CC[C@@H](C(C)(C)C)C2. The van der Waals surface area contributed by atoms with E-state index in [1.54, 1.807) is 31.5 Å². The second-order valence-electron chi connectivity index (χ2n) is 7.92. The highest BCUT2D eigenvalue weighted by atomic mass is 32.1. The number of fused-ring (bicyclic) bond motifs is 1. The van der Waals surface area contributed by atoms with Crippen molar-refractivity contribution in [2.75, 3.05) is 11.9 Å². The summed E-state index contributed by atoms with van der Waals surface area (Å²) in [7, 11) is 0. The van der Waals surface area contributed by atoms with Gasteiger partial charge in [-0.05, 0) is 55.2 Å². The molecule has 0 fully saturated rings. The van der Waals surface area contributed by atoms with Gasteiger partial charge in [0.15, 0.2) is 0 Å². The predicted octanol–water partition coefficient (Wildman–Crippen LogP) is 4.72. The van der Waals surface area contributed by atoms with Gasteiger partial charge >= 0.3 is 5.97 Å². The smallest absolute Gasteiger partial charge is 0.341 e. The Morgan fingerprint density at radius 1 is 1.30 bits per heavy atom. The Morgan fingerprint density at radius 2 is 2.00 bits per heavy atom. The number of rotatable bonds is 4. The van der Waals surface area contributed by atoms with Gasteiger partial charge < -0.3 is 10.1 Å². The number of anilines is 1. The van der Waals surface area contributed by atoms with Gasteiger partial charge in [-0.1, -0.05) is 20.8 Å². The van der Waals surface area contributed by atoms with Crippen molar-refractivity contribution in [2.24, 2.45) is 11.3 Å². The van der Waals surface area contributed by atoms with Crippen LogP contribution in [0.5, 0.6) is 0 Å². The predicted molar refractivity (Wildman–Crippen MR) is 107 cm³/mol. The zero-order valence-corrected chi connectivity index (χ0v) is 17.1. The minimum Gasteiger partial charge on any atom is -0.462 e. The molecule has 144 valence electrons. The van der Waals surface area contributed by atoms with Crippen molar-refractivity contribution in [3.63, 3.8) is 0 Å². The summed E-state index contributed by atoms with van der Waals surface area (Å²) in [5.74, 6) is -0.0365. The van der Waals surface area contributed by atoms with Crippen LogP contribution in [0.3, 0.4) is 0 Å². The lowest BCUT2D eigenvalue weighted by atomic mass is 9.72. The summed E-state index contributed by atoms with van der Waals surface area (Å²) in [6.45, 7) is 8.88. The summed E-state index contributed by atoms with van der Waals surface area (Å²) in [6.07, 6.45) is 5.97. The second-order valence-corrected chi connectivity index (χ2v) is 9.03. The van der Waals surface area contributed by atoms with Gasteiger partial charge in [0.1, 0.15) is 5.00 Å². The third-order valence-corrected chi connectivity index (χ3v) is 6.31. The Kier molecular flexibility index (Phi) is 5.65. The number of hydrogen-bond donors (Lipinski definition) is 1. The molecule has 0 bridgehead atoms. The van der Waals surface area contributed by atoms with Crippen LogP contribution in [0.2, 0.25) is 0 Å². The number of carbonyl (C=O) groups is 2. The number of nitrogens with zero attached hydrogens (tertiary/aromatic N) is 1. The van der Waals surface area contributed by atoms with Gasteiger partial charge in [-0.15, -0.1) is 11.3 Å². The molecule has 5 nitrogen and oxygen atoms in total. The standard InChI is InChI=1S/C21H26N2O3S/c1-5-26-20(25)17-15-7-6-14(21(2,3)4)12-16(15)27-19(17)23-18(24)13-8-10-22-11-9-13/h8-11,14H,5-7,12H2,1-4H3,(H,23,24)/t14-/m1/s1. The number of aromatic nitrogens is 1. The van der Waals surface area contributed by atoms with Crippen LogP contribution in [-0.2, 0) is 17.6 Å². The Bertz CT molecular complexity index is 837. The van der Waals surface area contributed by atoms with E-state index >= 15 is 0 Å². The van der Waals surface area contributed by atoms with Crippen molar-refractivity contribution in [1.29, 1.82) is 0 Å². The largest absolute Gasteiger partial charge is 0.462 e. The minimum absolute atomic E-state index is 0.215. The Balaban J connectivity index is 1.94. The van der Waals surface area contributed by atoms with Crippen molar-refractivity contribution >= 4 is 28.2 Å². The molecule has 2 aromatic heterocycles. The number of thiophene rings is 1. The van der Waals surface area contributed by atoms with Gasteiger partial charge in [0, 0.05) is 22.8 Å². The Hall–Kier alpha value is -2.21. The van der Waals surface area contributed by atoms with Gasteiger partial charge in [-0.2, -0.15) is 0 Å². The number of pyridine rings is 1. The fourth-order valence-corrected chi connectivity index (χ4v) is 4.82. The molecule has 0 radical (unpaired) electrons. The molecule has 1 N–H and O–H groups in total. The van der Waals surface area contributed by atoms with E-state index < -0.39 is 0 Å². The molecule has 0 spiro atoms. The van der Waals surface area contributed by atoms with E-state index in [1.165, 1.54) is 16.2 Å². The summed E-state index contributed by atoms with van der Waals surface area (Å²) < 4.78 is 5.28. The first kappa shape index (κ1) is 19.5. The van der Waals surface area contributed by atoms with Crippen LogP contribution in [0.4, 0.5) is 5.00 Å². The fraction of sp³-hybridized carbons (Fsp3) is 0.476. The fourth-order valence-electron chi connectivity index (χ4n) is 3.51. The van der Waals surface area contributed by atoms with Crippen LogP contribution in [0, 0.1) is 11.3 Å². The molecule has 1 aliphatic rings. The van der Waals surface area contributed by atoms with Crippen molar-refractivity contribution in [3.05, 3.63) is 46.1 Å². The summed E-state index contributed by atoms with van der Waals surface area (Å²) >= 11 is 1.51. The van der Waals surface area contributed by atoms with Crippen LogP contribution in [-0.4, -0.2) is 23.5 Å². The summed E-state index contributed by atoms with van der Waals surface area (Å²) in [5, 5.41) is 3.52. The maximum atomic E-state index is 12.6. The van der Waals surface area contributed by atoms with E-state index in [0.29, 0.717) is 28.7 Å². The molecule has 0 saturated carbocycles. The third-order valence-electron chi connectivity index (χ3n) is 5.14. The number of amides is 1. The van der Waals surface area contributed by atoms with E-state index in [1.807, 2.05) is 0 Å². The number of carbonyl (C=O) groups excluding carboxylic acids is 2. The first-order valence-corrected chi connectivity index (χ1v) is 10.2. The maximum absolute atomic E-state index is 12.6. The van der Waals surface area contributed by atoms with Crippen LogP contribution in [0.1, 0.15) is 65.3 Å². The molecule has 2 heterocycles. The summed E-state index contributed by atoms with van der Waals surface area (Å²) in [4.78, 5) is 30.3. The van der Waals surface area contributed by atoms with E-state index in [9.17, 15) is 9.59 Å². The molecule has 0 unspecified atom stereocenters. The van der Waals surface area contributed by atoms with E-state index in [4.69, 9.17) is 4.74 Å². The highest BCUT2D eigenvalue weighted by molar-refractivity contribution is 7.17. The topological polar surface area (TPSA) is 68.3 Å². The highest BCUT2D eigenvalue weighted by Crippen LogP contribution is 2.44. The zero-order chi connectivity index (χ0) is 19.6. The molecule has 2 aromatic rings. The zero-order valence-electron chi connectivity index (χ0n) is 16.3. The molecule has 1 aliphatic carbocycles. The van der Waals surface area contributed by atoms with Crippen molar-refractivity contribution in [1.82, 2.24) is 4.98 Å². The number of ether oxygens (including phenoxy) is 1. The van der Waals surface area contributed by atoms with Crippen LogP contribution in [0.15, 0.2) is 24.5 Å². The lowest BCUT2D eigenvalue weighted by Crippen LogP contribution is -2.26. The van der Waals surface area contributed by atoms with Crippen molar-refractivity contribution < 1.29 is 14.3 Å². The van der Waals surface area contributed by atoms with Gasteiger partial charge in [-0.3, -0.25) is 9.78 Å². The van der Waals surface area contributed by atoms with Gasteiger partial charge in [-0.25, -0.2) is 4.79 Å². The average Bonchev–Trinajstić information content (AvgIpc) is 2.99. The van der Waals surface area contributed by atoms with Gasteiger partial charge in [0.25, 0.3) is 5.91 Å². The van der Waals surface area contributed by atoms with Gasteiger partial charge in [0.2, 0.25) is 0 Å². The molecule has 6 heteroatoms. The minimum atomic E-state index is -0.353. The van der Waals surface area contributed by atoms with Gasteiger partial charge in [0.05, 0.1) is 12.2 Å². The van der Waals surface area contributed by atoms with E-state index in [2.05, 4.69) is 31.1 Å². The van der Waals surface area contributed by atoms with Crippen molar-refractivity contribution in [3.8, 4) is 0 Å². The van der Waals surface area contributed by atoms with Crippen LogP contribution < -0.4 is 5.32 Å². The van der Waals surface area contributed by atoms with E-state index in [-0.39, 0.29) is 17.3 Å². The monoisotopic (exact) mass is 386 g/mol. The molecular formula is C21H26N2O3S. The first-order valence-electron chi connectivity index (χ1n) is 9.34. The number of esters is 1. The number of hydrogen-bond acceptors (Lipinski definition) is 5. The normalized spacial score (nSPS) is 16.5. The Morgan fingerprint density at radius 3 is 2.63 bits per heavy atom. The molecule has 1 amide bonds. The first-order chi connectivity index (χ1) is 12.8. The average molecular weight is 387 g/mol. The Labute approximate surface area is 164 Å². The number of nitrogens with one attached hydrogen (secondary N) is 1. The molecule has 0 aromatic carbocycles. The highest BCUT2D eigenvalue weighted by Gasteiger charge is 2.34. The molecular weight excluding hydrogens is 360 g/mol. The molecule has 0 aliphatic heterocycles. The quantitative estimate of drug-likeness (QED) is 0.772. The van der Waals surface area contributed by atoms with Crippen LogP contribution >= 0.6 is 11.3 Å². The molecule has 1 atom stereocenters. The second kappa shape index (κ2) is 7.80. The maximum Gasteiger partial charge on any atom is 0.341 e. The summed E-state index contributed by atoms with van der Waals surface area (Å²) in [5.41, 5.74) is 2.31. The summed E-state index contributed by atoms with van der Waals surface area (Å²) in [6, 6.07) is 3.31. The lowest BCUT2D eigenvalue weighted by Gasteiger charge is -2.33. The van der Waals surface area contributed by atoms with Crippen LogP contribution in [0.25, 0.3) is 0 Å². The molecule has 27 heavy (non-hydrogen) atoms. The molecule has 0 saturated heterocycles.